The number of carbonyl (C=O) groups excluding carboxylic acids is 3. The largest absolute Gasteiger partial charge is 0.465 e. The van der Waals surface area contributed by atoms with Crippen LogP contribution in [-0.2, 0) is 9.53 Å². The third-order valence-corrected chi connectivity index (χ3v) is 4.51. The number of anilines is 1. The molecule has 33 heavy (non-hydrogen) atoms. The number of ether oxygens (including phenoxy) is 1. The molecule has 0 spiro atoms. The van der Waals surface area contributed by atoms with E-state index in [2.05, 4.69) is 15.4 Å². The lowest BCUT2D eigenvalue weighted by Crippen LogP contribution is -2.30. The molecule has 0 aliphatic heterocycles. The van der Waals surface area contributed by atoms with E-state index in [4.69, 9.17) is 0 Å². The van der Waals surface area contributed by atoms with Crippen molar-refractivity contribution in [3.8, 4) is 0 Å². The van der Waals surface area contributed by atoms with Gasteiger partial charge >= 0.3 is 5.97 Å². The first-order chi connectivity index (χ1) is 15.9. The molecule has 0 aliphatic carbocycles. The lowest BCUT2D eigenvalue weighted by Gasteiger charge is -2.12. The molecule has 0 atom stereocenters. The Morgan fingerprint density at radius 1 is 0.879 bits per heavy atom. The SMILES string of the molecule is COC(=O)c1ccc(NC(=O)/C(=C/c2ccc([N+](=O)[O-])cc2)NC(=O)c2ccccc2)cc1. The van der Waals surface area contributed by atoms with Crippen molar-refractivity contribution < 1.29 is 24.0 Å². The van der Waals surface area contributed by atoms with Gasteiger partial charge in [0.15, 0.2) is 0 Å². The normalized spacial score (nSPS) is 10.8. The zero-order valence-electron chi connectivity index (χ0n) is 17.5. The predicted molar refractivity (Wildman–Crippen MR) is 121 cm³/mol. The second kappa shape index (κ2) is 10.5. The highest BCUT2D eigenvalue weighted by Gasteiger charge is 2.16. The summed E-state index contributed by atoms with van der Waals surface area (Å²) in [6.07, 6.45) is 1.41. The summed E-state index contributed by atoms with van der Waals surface area (Å²) >= 11 is 0. The van der Waals surface area contributed by atoms with Crippen molar-refractivity contribution >= 4 is 35.2 Å². The molecule has 3 aromatic carbocycles. The summed E-state index contributed by atoms with van der Waals surface area (Å²) < 4.78 is 4.65. The summed E-state index contributed by atoms with van der Waals surface area (Å²) in [4.78, 5) is 47.5. The molecule has 3 aromatic rings. The Bertz CT molecular complexity index is 1200. The van der Waals surface area contributed by atoms with Crippen molar-refractivity contribution in [2.45, 2.75) is 0 Å². The van der Waals surface area contributed by atoms with Gasteiger partial charge in [-0.25, -0.2) is 4.79 Å². The summed E-state index contributed by atoms with van der Waals surface area (Å²) in [6.45, 7) is 0. The zero-order valence-corrected chi connectivity index (χ0v) is 17.5. The van der Waals surface area contributed by atoms with Gasteiger partial charge in [0.1, 0.15) is 5.70 Å². The molecule has 9 nitrogen and oxygen atoms in total. The van der Waals surface area contributed by atoms with Gasteiger partial charge in [0.25, 0.3) is 17.5 Å². The van der Waals surface area contributed by atoms with Crippen LogP contribution in [0, 0.1) is 10.1 Å². The van der Waals surface area contributed by atoms with E-state index < -0.39 is 22.7 Å². The lowest BCUT2D eigenvalue weighted by molar-refractivity contribution is -0.384. The molecule has 9 heteroatoms. The molecular formula is C24H19N3O6. The molecule has 166 valence electrons. The molecular weight excluding hydrogens is 426 g/mol. The number of nitrogens with zero attached hydrogens (tertiary/aromatic N) is 1. The minimum absolute atomic E-state index is 0.0743. The van der Waals surface area contributed by atoms with E-state index in [0.717, 1.165) is 0 Å². The Morgan fingerprint density at radius 2 is 1.52 bits per heavy atom. The van der Waals surface area contributed by atoms with Crippen molar-refractivity contribution in [3.05, 3.63) is 111 Å². The highest BCUT2D eigenvalue weighted by molar-refractivity contribution is 6.10. The predicted octanol–water partition coefficient (Wildman–Crippen LogP) is 3.79. The van der Waals surface area contributed by atoms with Gasteiger partial charge in [-0.2, -0.15) is 0 Å². The van der Waals surface area contributed by atoms with Crippen LogP contribution in [0.15, 0.2) is 84.6 Å². The zero-order chi connectivity index (χ0) is 23.8. The summed E-state index contributed by atoms with van der Waals surface area (Å²) in [7, 11) is 1.27. The number of rotatable bonds is 7. The minimum atomic E-state index is -0.622. The Balaban J connectivity index is 1.86. The third kappa shape index (κ3) is 6.11. The second-order valence-electron chi connectivity index (χ2n) is 6.75. The van der Waals surface area contributed by atoms with Crippen LogP contribution in [0.25, 0.3) is 6.08 Å². The fourth-order valence-electron chi connectivity index (χ4n) is 2.81. The number of hydrogen-bond donors (Lipinski definition) is 2. The number of amides is 2. The number of carbonyl (C=O) groups is 3. The van der Waals surface area contributed by atoms with E-state index in [1.165, 1.54) is 61.7 Å². The van der Waals surface area contributed by atoms with E-state index in [0.29, 0.717) is 22.4 Å². The van der Waals surface area contributed by atoms with E-state index in [1.807, 2.05) is 0 Å². The highest BCUT2D eigenvalue weighted by atomic mass is 16.6. The molecule has 0 saturated heterocycles. The summed E-state index contributed by atoms with van der Waals surface area (Å²) in [5.74, 6) is -1.63. The van der Waals surface area contributed by atoms with Crippen LogP contribution in [0.2, 0.25) is 0 Å². The number of nitro benzene ring substituents is 1. The van der Waals surface area contributed by atoms with Crippen LogP contribution in [0.5, 0.6) is 0 Å². The van der Waals surface area contributed by atoms with Gasteiger partial charge in [0, 0.05) is 23.4 Å². The Hall–Kier alpha value is -4.79. The number of esters is 1. The van der Waals surface area contributed by atoms with Crippen molar-refractivity contribution in [2.75, 3.05) is 12.4 Å². The standard InChI is InChI=1S/C24H19N3O6/c1-33-24(30)18-9-11-19(12-10-18)25-23(29)21(26-22(28)17-5-3-2-4-6-17)15-16-7-13-20(14-8-16)27(31)32/h2-15H,1H3,(H,25,29)(H,26,28)/b21-15-. The average molecular weight is 445 g/mol. The van der Waals surface area contributed by atoms with Crippen LogP contribution in [0.1, 0.15) is 26.3 Å². The molecule has 2 N–H and O–H groups in total. The summed E-state index contributed by atoms with van der Waals surface area (Å²) in [6, 6.07) is 19.9. The molecule has 0 heterocycles. The fourth-order valence-corrected chi connectivity index (χ4v) is 2.81. The van der Waals surface area contributed by atoms with E-state index >= 15 is 0 Å². The maximum atomic E-state index is 12.9. The Kier molecular flexibility index (Phi) is 7.28. The van der Waals surface area contributed by atoms with Crippen LogP contribution >= 0.6 is 0 Å². The van der Waals surface area contributed by atoms with Gasteiger partial charge in [0.2, 0.25) is 0 Å². The first-order valence-corrected chi connectivity index (χ1v) is 9.69. The third-order valence-electron chi connectivity index (χ3n) is 4.51. The van der Waals surface area contributed by atoms with Crippen molar-refractivity contribution in [2.24, 2.45) is 0 Å². The van der Waals surface area contributed by atoms with E-state index in [-0.39, 0.29) is 11.4 Å². The van der Waals surface area contributed by atoms with Crippen LogP contribution in [-0.4, -0.2) is 29.8 Å². The van der Waals surface area contributed by atoms with Crippen LogP contribution < -0.4 is 10.6 Å². The number of nitro groups is 1. The van der Waals surface area contributed by atoms with Crippen molar-refractivity contribution in [1.82, 2.24) is 5.32 Å². The monoisotopic (exact) mass is 445 g/mol. The van der Waals surface area contributed by atoms with Gasteiger partial charge < -0.3 is 15.4 Å². The van der Waals surface area contributed by atoms with Crippen LogP contribution in [0.4, 0.5) is 11.4 Å². The minimum Gasteiger partial charge on any atom is -0.465 e. The fraction of sp³-hybridized carbons (Fsp3) is 0.0417. The van der Waals surface area contributed by atoms with Gasteiger partial charge in [-0.05, 0) is 60.2 Å². The Morgan fingerprint density at radius 3 is 2.09 bits per heavy atom. The molecule has 0 fully saturated rings. The highest BCUT2D eigenvalue weighted by Crippen LogP contribution is 2.16. The smallest absolute Gasteiger partial charge is 0.337 e. The molecule has 0 unspecified atom stereocenters. The topological polar surface area (TPSA) is 128 Å². The van der Waals surface area contributed by atoms with Crippen LogP contribution in [0.3, 0.4) is 0 Å². The second-order valence-corrected chi connectivity index (χ2v) is 6.75. The number of nitrogens with one attached hydrogen (secondary N) is 2. The molecule has 0 radical (unpaired) electrons. The van der Waals surface area contributed by atoms with Gasteiger partial charge in [-0.15, -0.1) is 0 Å². The van der Waals surface area contributed by atoms with Crippen molar-refractivity contribution in [1.29, 1.82) is 0 Å². The molecule has 0 saturated carbocycles. The Labute approximate surface area is 188 Å². The molecule has 0 bridgehead atoms. The van der Waals surface area contributed by atoms with E-state index in [1.54, 1.807) is 30.3 Å². The first-order valence-electron chi connectivity index (χ1n) is 9.69. The maximum Gasteiger partial charge on any atom is 0.337 e. The van der Waals surface area contributed by atoms with Gasteiger partial charge in [-0.1, -0.05) is 18.2 Å². The number of benzene rings is 3. The van der Waals surface area contributed by atoms with Crippen molar-refractivity contribution in [3.63, 3.8) is 0 Å². The quantitative estimate of drug-likeness (QED) is 0.246. The molecule has 0 aromatic heterocycles. The number of hydrogen-bond acceptors (Lipinski definition) is 6. The summed E-state index contributed by atoms with van der Waals surface area (Å²) in [5, 5.41) is 16.1. The maximum absolute atomic E-state index is 12.9. The van der Waals surface area contributed by atoms with Gasteiger partial charge in [-0.3, -0.25) is 19.7 Å². The number of non-ortho nitro benzene ring substituents is 1. The molecule has 0 aliphatic rings. The average Bonchev–Trinajstić information content (AvgIpc) is 2.84. The first kappa shape index (κ1) is 22.9. The van der Waals surface area contributed by atoms with Gasteiger partial charge in [0.05, 0.1) is 17.6 Å². The molecule has 3 rings (SSSR count). The number of methoxy groups -OCH3 is 1. The summed E-state index contributed by atoms with van der Waals surface area (Å²) in [5.41, 5.74) is 1.35. The molecule has 2 amide bonds. The van der Waals surface area contributed by atoms with E-state index in [9.17, 15) is 24.5 Å². The lowest BCUT2D eigenvalue weighted by atomic mass is 10.1.